The minimum atomic E-state index is -0.626. The first-order valence-electron chi connectivity index (χ1n) is 8.52. The molecule has 1 unspecified atom stereocenters. The number of rotatable bonds is 6. The average molecular weight is 359 g/mol. The number of aromatic amines is 1. The lowest BCUT2D eigenvalue weighted by molar-refractivity contribution is -0.109. The summed E-state index contributed by atoms with van der Waals surface area (Å²) in [5, 5.41) is 10.9. The molecule has 27 heavy (non-hydrogen) atoms. The van der Waals surface area contributed by atoms with Gasteiger partial charge < -0.3 is 10.1 Å². The fourth-order valence-electron chi connectivity index (χ4n) is 3.01. The zero-order valence-corrected chi connectivity index (χ0v) is 14.4. The van der Waals surface area contributed by atoms with Gasteiger partial charge in [-0.1, -0.05) is 42.5 Å². The third kappa shape index (κ3) is 3.35. The Kier molecular flexibility index (Phi) is 4.49. The maximum absolute atomic E-state index is 12.7. The molecule has 7 heteroatoms. The van der Waals surface area contributed by atoms with E-state index >= 15 is 0 Å². The van der Waals surface area contributed by atoms with Gasteiger partial charge >= 0.3 is 0 Å². The molecule has 2 heterocycles. The van der Waals surface area contributed by atoms with Crippen LogP contribution in [0.1, 0.15) is 16.1 Å². The molecule has 4 rings (SSSR count). The molecule has 0 radical (unpaired) electrons. The van der Waals surface area contributed by atoms with Gasteiger partial charge in [0.05, 0.1) is 17.8 Å². The Morgan fingerprint density at radius 3 is 2.74 bits per heavy atom. The lowest BCUT2D eigenvalue weighted by Crippen LogP contribution is -2.38. The largest absolute Gasteiger partial charge is 0.341 e. The van der Waals surface area contributed by atoms with E-state index in [4.69, 9.17) is 0 Å². The van der Waals surface area contributed by atoms with E-state index in [-0.39, 0.29) is 5.91 Å². The number of aromatic nitrogens is 4. The zero-order valence-electron chi connectivity index (χ0n) is 14.4. The van der Waals surface area contributed by atoms with Crippen LogP contribution < -0.4 is 5.32 Å². The molecule has 0 saturated heterocycles. The van der Waals surface area contributed by atoms with Crippen LogP contribution in [0.3, 0.4) is 0 Å². The Morgan fingerprint density at radius 2 is 1.93 bits per heavy atom. The van der Waals surface area contributed by atoms with Crippen LogP contribution in [0.4, 0.5) is 0 Å². The van der Waals surface area contributed by atoms with Crippen molar-refractivity contribution in [3.8, 4) is 5.82 Å². The molecule has 2 N–H and O–H groups in total. The molecule has 0 spiro atoms. The molecule has 1 atom stereocenters. The predicted octanol–water partition coefficient (Wildman–Crippen LogP) is 2.29. The number of H-pyrrole nitrogens is 1. The number of amides is 1. The van der Waals surface area contributed by atoms with E-state index in [0.717, 1.165) is 22.8 Å². The summed E-state index contributed by atoms with van der Waals surface area (Å²) in [5.41, 5.74) is 2.15. The molecule has 0 aliphatic heterocycles. The summed E-state index contributed by atoms with van der Waals surface area (Å²) in [4.78, 5) is 28.3. The summed E-state index contributed by atoms with van der Waals surface area (Å²) in [6.07, 6.45) is 4.17. The summed E-state index contributed by atoms with van der Waals surface area (Å²) in [5.74, 6) is 0.201. The molecule has 1 amide bonds. The number of carbonyl (C=O) groups is 2. The Bertz CT molecular complexity index is 1080. The van der Waals surface area contributed by atoms with Crippen molar-refractivity contribution in [1.82, 2.24) is 25.1 Å². The second kappa shape index (κ2) is 7.25. The molecule has 4 aromatic rings. The van der Waals surface area contributed by atoms with Crippen molar-refractivity contribution in [2.45, 2.75) is 12.5 Å². The van der Waals surface area contributed by atoms with Crippen LogP contribution in [-0.4, -0.2) is 38.0 Å². The molecule has 0 aliphatic rings. The van der Waals surface area contributed by atoms with Crippen LogP contribution in [0.15, 0.2) is 67.1 Å². The Hall–Kier alpha value is -3.74. The summed E-state index contributed by atoms with van der Waals surface area (Å²) in [7, 11) is 0. The highest BCUT2D eigenvalue weighted by atomic mass is 16.2. The Labute approximate surface area is 155 Å². The van der Waals surface area contributed by atoms with Crippen molar-refractivity contribution in [3.05, 3.63) is 78.4 Å². The summed E-state index contributed by atoms with van der Waals surface area (Å²) >= 11 is 0. The first-order chi connectivity index (χ1) is 13.3. The van der Waals surface area contributed by atoms with Gasteiger partial charge in [0.1, 0.15) is 18.3 Å². The molecule has 0 bridgehead atoms. The number of hydrogen-bond donors (Lipinski definition) is 2. The first-order valence-corrected chi connectivity index (χ1v) is 8.52. The molecule has 0 saturated carbocycles. The standard InChI is InChI=1S/C20H17N5O2/c26-12-15(10-14-6-2-1-3-7-14)22-20(27)18-11-21-13-25(18)19-16-8-4-5-9-17(16)23-24-19/h1-9,11-13,15H,10H2,(H,22,27)(H,23,24). The van der Waals surface area contributed by atoms with Crippen LogP contribution in [0, 0.1) is 0 Å². The van der Waals surface area contributed by atoms with Crippen molar-refractivity contribution in [2.24, 2.45) is 0 Å². The van der Waals surface area contributed by atoms with Crippen molar-refractivity contribution in [3.63, 3.8) is 0 Å². The molecule has 2 aromatic heterocycles. The highest BCUT2D eigenvalue weighted by Crippen LogP contribution is 2.20. The molecular formula is C20H17N5O2. The van der Waals surface area contributed by atoms with E-state index in [1.165, 1.54) is 12.5 Å². The van der Waals surface area contributed by atoms with E-state index in [0.29, 0.717) is 17.9 Å². The van der Waals surface area contributed by atoms with Crippen molar-refractivity contribution < 1.29 is 9.59 Å². The second-order valence-corrected chi connectivity index (χ2v) is 6.15. The van der Waals surface area contributed by atoms with E-state index < -0.39 is 6.04 Å². The van der Waals surface area contributed by atoms with Gasteiger partial charge in [0.25, 0.3) is 5.91 Å². The highest BCUT2D eigenvalue weighted by molar-refractivity contribution is 5.95. The number of hydrogen-bond acceptors (Lipinski definition) is 4. The van der Waals surface area contributed by atoms with Crippen molar-refractivity contribution in [1.29, 1.82) is 0 Å². The van der Waals surface area contributed by atoms with Gasteiger partial charge in [0.15, 0.2) is 5.82 Å². The van der Waals surface area contributed by atoms with E-state index in [1.54, 1.807) is 4.57 Å². The number of carbonyl (C=O) groups excluding carboxylic acids is 2. The fraction of sp³-hybridized carbons (Fsp3) is 0.100. The number of fused-ring (bicyclic) bond motifs is 1. The molecular weight excluding hydrogens is 342 g/mol. The third-order valence-electron chi connectivity index (χ3n) is 4.33. The van der Waals surface area contributed by atoms with Gasteiger partial charge in [-0.05, 0) is 24.1 Å². The minimum Gasteiger partial charge on any atom is -0.341 e. The molecule has 0 aliphatic carbocycles. The summed E-state index contributed by atoms with van der Waals surface area (Å²) < 4.78 is 1.61. The van der Waals surface area contributed by atoms with Crippen LogP contribution in [-0.2, 0) is 11.2 Å². The van der Waals surface area contributed by atoms with Gasteiger partial charge in [0, 0.05) is 5.39 Å². The fourth-order valence-corrected chi connectivity index (χ4v) is 3.01. The molecule has 2 aromatic carbocycles. The zero-order chi connectivity index (χ0) is 18.6. The second-order valence-electron chi connectivity index (χ2n) is 6.15. The van der Waals surface area contributed by atoms with E-state index in [9.17, 15) is 9.59 Å². The predicted molar refractivity (Wildman–Crippen MR) is 101 cm³/mol. The normalized spacial score (nSPS) is 12.0. The Morgan fingerprint density at radius 1 is 1.15 bits per heavy atom. The van der Waals surface area contributed by atoms with Gasteiger partial charge in [0.2, 0.25) is 0 Å². The van der Waals surface area contributed by atoms with Crippen LogP contribution in [0.25, 0.3) is 16.7 Å². The topological polar surface area (TPSA) is 92.7 Å². The maximum Gasteiger partial charge on any atom is 0.270 e. The maximum atomic E-state index is 12.7. The lowest BCUT2D eigenvalue weighted by Gasteiger charge is -2.13. The molecule has 7 nitrogen and oxygen atoms in total. The monoisotopic (exact) mass is 359 g/mol. The summed E-state index contributed by atoms with van der Waals surface area (Å²) in [6, 6.07) is 16.6. The number of benzene rings is 2. The number of nitrogens with one attached hydrogen (secondary N) is 2. The first kappa shape index (κ1) is 16.7. The lowest BCUT2D eigenvalue weighted by atomic mass is 10.1. The van der Waals surface area contributed by atoms with Crippen molar-refractivity contribution in [2.75, 3.05) is 0 Å². The number of imidazole rings is 1. The smallest absolute Gasteiger partial charge is 0.270 e. The van der Waals surface area contributed by atoms with Gasteiger partial charge in [-0.25, -0.2) is 4.98 Å². The average Bonchev–Trinajstić information content (AvgIpc) is 3.34. The van der Waals surface area contributed by atoms with Crippen LogP contribution >= 0.6 is 0 Å². The molecule has 0 fully saturated rings. The van der Waals surface area contributed by atoms with Crippen LogP contribution in [0.2, 0.25) is 0 Å². The van der Waals surface area contributed by atoms with Gasteiger partial charge in [-0.15, -0.1) is 0 Å². The van der Waals surface area contributed by atoms with Gasteiger partial charge in [-0.3, -0.25) is 14.5 Å². The highest BCUT2D eigenvalue weighted by Gasteiger charge is 2.19. The van der Waals surface area contributed by atoms with Gasteiger partial charge in [-0.2, -0.15) is 5.10 Å². The molecule has 134 valence electrons. The number of nitrogens with zero attached hydrogens (tertiary/aromatic N) is 3. The van der Waals surface area contributed by atoms with Crippen LogP contribution in [0.5, 0.6) is 0 Å². The Balaban J connectivity index is 1.58. The quantitative estimate of drug-likeness (QED) is 0.517. The van der Waals surface area contributed by atoms with E-state index in [1.807, 2.05) is 54.6 Å². The summed E-state index contributed by atoms with van der Waals surface area (Å²) in [6.45, 7) is 0. The number of aldehydes is 1. The van der Waals surface area contributed by atoms with E-state index in [2.05, 4.69) is 20.5 Å². The SMILES string of the molecule is O=CC(Cc1ccccc1)NC(=O)c1cncn1-c1n[nH]c2ccccc12. The third-order valence-corrected chi connectivity index (χ3v) is 4.33. The minimum absolute atomic E-state index is 0.312. The number of para-hydroxylation sites is 1. The van der Waals surface area contributed by atoms with Crippen molar-refractivity contribution >= 4 is 23.1 Å².